The molecule has 0 amide bonds. The standard InChI is InChI=1S/C11H10ClN3O/c1-8-4-9(6-13-5-8)7-15-3-2-14-10(12)11(15)16/h2-6H,7H2,1H3. The fourth-order valence-corrected chi connectivity index (χ4v) is 1.61. The molecule has 0 bridgehead atoms. The number of hydrogen-bond acceptors (Lipinski definition) is 3. The highest BCUT2D eigenvalue weighted by molar-refractivity contribution is 6.29. The third kappa shape index (κ3) is 2.28. The van der Waals surface area contributed by atoms with Crippen molar-refractivity contribution in [2.45, 2.75) is 13.5 Å². The zero-order chi connectivity index (χ0) is 11.5. The first-order valence-electron chi connectivity index (χ1n) is 4.78. The number of nitrogens with zero attached hydrogens (tertiary/aromatic N) is 3. The Balaban J connectivity index is 2.34. The van der Waals surface area contributed by atoms with Crippen LogP contribution in [0.1, 0.15) is 11.1 Å². The summed E-state index contributed by atoms with van der Waals surface area (Å²) in [6, 6.07) is 1.98. The van der Waals surface area contributed by atoms with Gasteiger partial charge in [0.2, 0.25) is 0 Å². The molecule has 0 fully saturated rings. The number of rotatable bonds is 2. The van der Waals surface area contributed by atoms with Crippen molar-refractivity contribution in [3.63, 3.8) is 0 Å². The molecular weight excluding hydrogens is 226 g/mol. The Morgan fingerprint density at radius 3 is 3.00 bits per heavy atom. The second-order valence-corrected chi connectivity index (χ2v) is 3.88. The van der Waals surface area contributed by atoms with Gasteiger partial charge in [-0.15, -0.1) is 0 Å². The molecule has 0 aliphatic rings. The first kappa shape index (κ1) is 10.8. The van der Waals surface area contributed by atoms with Gasteiger partial charge in [0.15, 0.2) is 5.15 Å². The lowest BCUT2D eigenvalue weighted by Gasteiger charge is -2.05. The summed E-state index contributed by atoms with van der Waals surface area (Å²) < 4.78 is 1.51. The summed E-state index contributed by atoms with van der Waals surface area (Å²) in [5.41, 5.74) is 1.74. The number of halogens is 1. The van der Waals surface area contributed by atoms with Crippen molar-refractivity contribution >= 4 is 11.6 Å². The van der Waals surface area contributed by atoms with Crippen LogP contribution in [0.5, 0.6) is 0 Å². The van der Waals surface area contributed by atoms with E-state index in [2.05, 4.69) is 9.97 Å². The minimum Gasteiger partial charge on any atom is -0.307 e. The molecule has 0 aromatic carbocycles. The zero-order valence-corrected chi connectivity index (χ0v) is 9.48. The molecule has 4 nitrogen and oxygen atoms in total. The van der Waals surface area contributed by atoms with Crippen LogP contribution in [-0.4, -0.2) is 14.5 Å². The largest absolute Gasteiger partial charge is 0.307 e. The fraction of sp³-hybridized carbons (Fsp3) is 0.182. The van der Waals surface area contributed by atoms with Gasteiger partial charge in [0, 0.05) is 24.8 Å². The normalized spacial score (nSPS) is 10.4. The van der Waals surface area contributed by atoms with Gasteiger partial charge in [-0.1, -0.05) is 17.7 Å². The maximum Gasteiger partial charge on any atom is 0.288 e. The summed E-state index contributed by atoms with van der Waals surface area (Å²) >= 11 is 5.65. The second-order valence-electron chi connectivity index (χ2n) is 3.52. The monoisotopic (exact) mass is 235 g/mol. The first-order chi connectivity index (χ1) is 7.66. The van der Waals surface area contributed by atoms with Crippen LogP contribution in [0.4, 0.5) is 0 Å². The lowest BCUT2D eigenvalue weighted by Crippen LogP contribution is -2.21. The molecule has 16 heavy (non-hydrogen) atoms. The third-order valence-electron chi connectivity index (χ3n) is 2.16. The smallest absolute Gasteiger partial charge is 0.288 e. The van der Waals surface area contributed by atoms with Crippen molar-refractivity contribution in [1.82, 2.24) is 14.5 Å². The predicted molar refractivity (Wildman–Crippen MR) is 61.6 cm³/mol. The maximum absolute atomic E-state index is 11.6. The van der Waals surface area contributed by atoms with Gasteiger partial charge in [-0.25, -0.2) is 4.98 Å². The topological polar surface area (TPSA) is 47.8 Å². The molecule has 2 aromatic rings. The Morgan fingerprint density at radius 1 is 1.44 bits per heavy atom. The van der Waals surface area contributed by atoms with Crippen molar-refractivity contribution in [2.24, 2.45) is 0 Å². The molecule has 2 aromatic heterocycles. The van der Waals surface area contributed by atoms with Crippen LogP contribution in [0.2, 0.25) is 5.15 Å². The van der Waals surface area contributed by atoms with Crippen LogP contribution in [-0.2, 0) is 6.54 Å². The van der Waals surface area contributed by atoms with Gasteiger partial charge in [-0.2, -0.15) is 0 Å². The molecule has 0 saturated carbocycles. The van der Waals surface area contributed by atoms with E-state index in [1.54, 1.807) is 18.6 Å². The summed E-state index contributed by atoms with van der Waals surface area (Å²) in [6.07, 6.45) is 6.61. The molecule has 82 valence electrons. The molecular formula is C11H10ClN3O. The number of aromatic nitrogens is 3. The van der Waals surface area contributed by atoms with Crippen LogP contribution in [0.25, 0.3) is 0 Å². The Morgan fingerprint density at radius 2 is 2.25 bits per heavy atom. The SMILES string of the molecule is Cc1cncc(Cn2ccnc(Cl)c2=O)c1. The average molecular weight is 236 g/mol. The van der Waals surface area contributed by atoms with E-state index in [1.807, 2.05) is 13.0 Å². The van der Waals surface area contributed by atoms with Gasteiger partial charge >= 0.3 is 0 Å². The van der Waals surface area contributed by atoms with Crippen molar-refractivity contribution in [2.75, 3.05) is 0 Å². The molecule has 0 aliphatic heterocycles. The average Bonchev–Trinajstić information content (AvgIpc) is 2.25. The molecule has 0 unspecified atom stereocenters. The van der Waals surface area contributed by atoms with Crippen molar-refractivity contribution in [3.05, 3.63) is 57.5 Å². The van der Waals surface area contributed by atoms with E-state index >= 15 is 0 Å². The van der Waals surface area contributed by atoms with Crippen LogP contribution in [0.15, 0.2) is 35.6 Å². The van der Waals surface area contributed by atoms with Gasteiger partial charge in [0.25, 0.3) is 5.56 Å². The zero-order valence-electron chi connectivity index (χ0n) is 8.72. The summed E-state index contributed by atoms with van der Waals surface area (Å²) in [5, 5.41) is -0.0110. The van der Waals surface area contributed by atoms with E-state index in [9.17, 15) is 4.79 Å². The Bertz CT molecular complexity index is 565. The van der Waals surface area contributed by atoms with E-state index in [4.69, 9.17) is 11.6 Å². The van der Waals surface area contributed by atoms with E-state index in [0.717, 1.165) is 11.1 Å². The lowest BCUT2D eigenvalue weighted by molar-refractivity contribution is 0.745. The van der Waals surface area contributed by atoms with Gasteiger partial charge in [-0.3, -0.25) is 9.78 Å². The van der Waals surface area contributed by atoms with Gasteiger partial charge in [0.1, 0.15) is 0 Å². The molecule has 0 N–H and O–H groups in total. The quantitative estimate of drug-likeness (QED) is 0.795. The van der Waals surface area contributed by atoms with E-state index < -0.39 is 0 Å². The van der Waals surface area contributed by atoms with Gasteiger partial charge in [-0.05, 0) is 18.1 Å². The molecule has 2 rings (SSSR count). The molecule has 0 atom stereocenters. The molecule has 0 spiro atoms. The Labute approximate surface area is 97.6 Å². The van der Waals surface area contributed by atoms with Crippen molar-refractivity contribution in [3.8, 4) is 0 Å². The summed E-state index contributed by atoms with van der Waals surface area (Å²) in [4.78, 5) is 19.4. The lowest BCUT2D eigenvalue weighted by atomic mass is 10.2. The summed E-state index contributed by atoms with van der Waals surface area (Å²) in [7, 11) is 0. The van der Waals surface area contributed by atoms with Crippen LogP contribution < -0.4 is 5.56 Å². The number of hydrogen-bond donors (Lipinski definition) is 0. The predicted octanol–water partition coefficient (Wildman–Crippen LogP) is 1.65. The van der Waals surface area contributed by atoms with Gasteiger partial charge in [0.05, 0.1) is 6.54 Å². The molecule has 0 saturated heterocycles. The second kappa shape index (κ2) is 4.45. The highest BCUT2D eigenvalue weighted by Crippen LogP contribution is 2.03. The number of pyridine rings is 1. The first-order valence-corrected chi connectivity index (χ1v) is 5.16. The van der Waals surface area contributed by atoms with Crippen molar-refractivity contribution in [1.29, 1.82) is 0 Å². The number of aryl methyl sites for hydroxylation is 1. The minimum absolute atomic E-state index is 0.0110. The summed E-state index contributed by atoms with van der Waals surface area (Å²) in [6.45, 7) is 2.41. The maximum atomic E-state index is 11.6. The van der Waals surface area contributed by atoms with Crippen LogP contribution >= 0.6 is 11.6 Å². The molecule has 5 heteroatoms. The molecule has 0 radical (unpaired) electrons. The highest BCUT2D eigenvalue weighted by Gasteiger charge is 2.02. The summed E-state index contributed by atoms with van der Waals surface area (Å²) in [5.74, 6) is 0. The van der Waals surface area contributed by atoms with Gasteiger partial charge < -0.3 is 4.57 Å². The molecule has 0 aliphatic carbocycles. The van der Waals surface area contributed by atoms with Crippen LogP contribution in [0, 0.1) is 6.92 Å². The Hall–Kier alpha value is -1.68. The van der Waals surface area contributed by atoms with E-state index in [1.165, 1.54) is 10.8 Å². The van der Waals surface area contributed by atoms with Crippen LogP contribution in [0.3, 0.4) is 0 Å². The minimum atomic E-state index is -0.286. The third-order valence-corrected chi connectivity index (χ3v) is 2.42. The van der Waals surface area contributed by atoms with E-state index in [-0.39, 0.29) is 10.7 Å². The molecule has 2 heterocycles. The fourth-order valence-electron chi connectivity index (χ4n) is 1.45. The van der Waals surface area contributed by atoms with Crippen molar-refractivity contribution < 1.29 is 0 Å². The highest BCUT2D eigenvalue weighted by atomic mass is 35.5. The Kier molecular flexibility index (Phi) is 3.01. The van der Waals surface area contributed by atoms with E-state index in [0.29, 0.717) is 6.54 Å².